The maximum atomic E-state index is 11.4. The SMILES string of the molecule is CCOC(=O)C1NC(=O)CN(C)C1=O. The number of nitrogens with one attached hydrogen (secondary N) is 1. The molecule has 0 bridgehead atoms. The van der Waals surface area contributed by atoms with Crippen LogP contribution in [0.5, 0.6) is 0 Å². The lowest BCUT2D eigenvalue weighted by molar-refractivity contribution is -0.157. The molecular formula is C8H12N2O4. The topological polar surface area (TPSA) is 75.7 Å². The molecule has 1 unspecified atom stereocenters. The van der Waals surface area contributed by atoms with E-state index < -0.39 is 17.9 Å². The van der Waals surface area contributed by atoms with E-state index in [2.05, 4.69) is 10.1 Å². The highest BCUT2D eigenvalue weighted by Crippen LogP contribution is 2.01. The highest BCUT2D eigenvalue weighted by molar-refractivity contribution is 6.08. The van der Waals surface area contributed by atoms with Gasteiger partial charge >= 0.3 is 5.97 Å². The number of rotatable bonds is 2. The van der Waals surface area contributed by atoms with Crippen LogP contribution in [0.1, 0.15) is 6.92 Å². The average molecular weight is 200 g/mol. The van der Waals surface area contributed by atoms with E-state index >= 15 is 0 Å². The fourth-order valence-corrected chi connectivity index (χ4v) is 1.17. The second kappa shape index (κ2) is 4.08. The van der Waals surface area contributed by atoms with Crippen molar-refractivity contribution in [1.82, 2.24) is 10.2 Å². The minimum atomic E-state index is -1.18. The van der Waals surface area contributed by atoms with Gasteiger partial charge in [0.2, 0.25) is 11.9 Å². The molecule has 6 nitrogen and oxygen atoms in total. The lowest BCUT2D eigenvalue weighted by atomic mass is 10.2. The third-order valence-electron chi connectivity index (χ3n) is 1.83. The van der Waals surface area contributed by atoms with E-state index in [1.54, 1.807) is 6.92 Å². The second-order valence-electron chi connectivity index (χ2n) is 2.95. The molecule has 1 fully saturated rings. The summed E-state index contributed by atoms with van der Waals surface area (Å²) < 4.78 is 4.65. The zero-order valence-corrected chi connectivity index (χ0v) is 8.07. The van der Waals surface area contributed by atoms with Gasteiger partial charge < -0.3 is 15.0 Å². The van der Waals surface area contributed by atoms with E-state index in [0.717, 1.165) is 0 Å². The van der Waals surface area contributed by atoms with Crippen LogP contribution in [0.3, 0.4) is 0 Å². The highest BCUT2D eigenvalue weighted by Gasteiger charge is 2.36. The van der Waals surface area contributed by atoms with Crippen LogP contribution in [-0.4, -0.2) is 48.9 Å². The molecular weight excluding hydrogens is 188 g/mol. The molecule has 2 amide bonds. The Hall–Kier alpha value is -1.59. The minimum Gasteiger partial charge on any atom is -0.464 e. The van der Waals surface area contributed by atoms with Crippen molar-refractivity contribution >= 4 is 17.8 Å². The molecule has 0 aromatic carbocycles. The van der Waals surface area contributed by atoms with Crippen molar-refractivity contribution in [2.24, 2.45) is 0 Å². The van der Waals surface area contributed by atoms with Gasteiger partial charge in [0.25, 0.3) is 5.91 Å². The van der Waals surface area contributed by atoms with Gasteiger partial charge in [0, 0.05) is 7.05 Å². The number of likely N-dealkylation sites (N-methyl/N-ethyl adjacent to an activating group) is 1. The van der Waals surface area contributed by atoms with Crippen molar-refractivity contribution in [3.63, 3.8) is 0 Å². The average Bonchev–Trinajstić information content (AvgIpc) is 2.11. The second-order valence-corrected chi connectivity index (χ2v) is 2.95. The van der Waals surface area contributed by atoms with E-state index in [9.17, 15) is 14.4 Å². The molecule has 0 saturated carbocycles. The maximum Gasteiger partial charge on any atom is 0.338 e. The number of esters is 1. The Balaban J connectivity index is 2.71. The molecule has 1 rings (SSSR count). The normalized spacial score (nSPS) is 21.9. The van der Waals surface area contributed by atoms with Gasteiger partial charge in [-0.05, 0) is 6.92 Å². The Bertz CT molecular complexity index is 277. The van der Waals surface area contributed by atoms with Crippen LogP contribution in [-0.2, 0) is 19.1 Å². The standard InChI is InChI=1S/C8H12N2O4/c1-3-14-8(13)6-7(12)10(2)4-5(11)9-6/h6H,3-4H2,1-2H3,(H,9,11). The summed E-state index contributed by atoms with van der Waals surface area (Å²) >= 11 is 0. The molecule has 1 aliphatic rings. The molecule has 1 aliphatic heterocycles. The van der Waals surface area contributed by atoms with Crippen LogP contribution in [0.2, 0.25) is 0 Å². The third kappa shape index (κ3) is 2.01. The Labute approximate surface area is 81.2 Å². The summed E-state index contributed by atoms with van der Waals surface area (Å²) in [6.45, 7) is 1.80. The largest absolute Gasteiger partial charge is 0.464 e. The summed E-state index contributed by atoms with van der Waals surface area (Å²) in [5.74, 6) is -1.51. The Morgan fingerprint density at radius 3 is 2.86 bits per heavy atom. The van der Waals surface area contributed by atoms with Crippen LogP contribution < -0.4 is 5.32 Å². The number of piperazine rings is 1. The van der Waals surface area contributed by atoms with Crippen LogP contribution >= 0.6 is 0 Å². The number of carbonyl (C=O) groups is 3. The van der Waals surface area contributed by atoms with Gasteiger partial charge in [0.05, 0.1) is 13.2 Å². The fourth-order valence-electron chi connectivity index (χ4n) is 1.17. The Kier molecular flexibility index (Phi) is 3.06. The summed E-state index contributed by atoms with van der Waals surface area (Å²) in [6.07, 6.45) is 0. The van der Waals surface area contributed by atoms with E-state index in [0.29, 0.717) is 0 Å². The monoisotopic (exact) mass is 200 g/mol. The van der Waals surface area contributed by atoms with Gasteiger partial charge in [-0.1, -0.05) is 0 Å². The van der Waals surface area contributed by atoms with E-state index in [1.807, 2.05) is 0 Å². The Morgan fingerprint density at radius 2 is 2.29 bits per heavy atom. The lowest BCUT2D eigenvalue weighted by Gasteiger charge is -2.28. The molecule has 1 N–H and O–H groups in total. The van der Waals surface area contributed by atoms with Gasteiger partial charge in [-0.3, -0.25) is 9.59 Å². The number of nitrogens with zero attached hydrogens (tertiary/aromatic N) is 1. The van der Waals surface area contributed by atoms with Crippen molar-refractivity contribution in [3.05, 3.63) is 0 Å². The number of ether oxygens (including phenoxy) is 1. The first-order valence-electron chi connectivity index (χ1n) is 4.27. The van der Waals surface area contributed by atoms with Gasteiger partial charge in [-0.25, -0.2) is 4.79 Å². The molecule has 14 heavy (non-hydrogen) atoms. The highest BCUT2D eigenvalue weighted by atomic mass is 16.5. The number of hydrogen-bond acceptors (Lipinski definition) is 4. The lowest BCUT2D eigenvalue weighted by Crippen LogP contribution is -2.60. The van der Waals surface area contributed by atoms with Crippen molar-refractivity contribution < 1.29 is 19.1 Å². The zero-order chi connectivity index (χ0) is 10.7. The summed E-state index contributed by atoms with van der Waals surface area (Å²) in [6, 6.07) is -1.18. The van der Waals surface area contributed by atoms with Crippen molar-refractivity contribution in [3.8, 4) is 0 Å². The molecule has 6 heteroatoms. The maximum absolute atomic E-state index is 11.4. The molecule has 78 valence electrons. The zero-order valence-electron chi connectivity index (χ0n) is 8.07. The quantitative estimate of drug-likeness (QED) is 0.435. The van der Waals surface area contributed by atoms with Crippen molar-refractivity contribution in [2.75, 3.05) is 20.2 Å². The van der Waals surface area contributed by atoms with Crippen LogP contribution in [0.15, 0.2) is 0 Å². The van der Waals surface area contributed by atoms with E-state index in [1.165, 1.54) is 11.9 Å². The molecule has 0 radical (unpaired) electrons. The Morgan fingerprint density at radius 1 is 1.64 bits per heavy atom. The third-order valence-corrected chi connectivity index (χ3v) is 1.83. The number of carbonyl (C=O) groups excluding carboxylic acids is 3. The summed E-state index contributed by atoms with van der Waals surface area (Å²) in [5.41, 5.74) is 0. The van der Waals surface area contributed by atoms with Crippen molar-refractivity contribution in [2.45, 2.75) is 13.0 Å². The van der Waals surface area contributed by atoms with Crippen LogP contribution in [0.4, 0.5) is 0 Å². The van der Waals surface area contributed by atoms with Crippen LogP contribution in [0, 0.1) is 0 Å². The smallest absolute Gasteiger partial charge is 0.338 e. The van der Waals surface area contributed by atoms with Gasteiger partial charge in [-0.15, -0.1) is 0 Å². The molecule has 0 aliphatic carbocycles. The van der Waals surface area contributed by atoms with Gasteiger partial charge in [-0.2, -0.15) is 0 Å². The number of amides is 2. The van der Waals surface area contributed by atoms with Crippen LogP contribution in [0.25, 0.3) is 0 Å². The molecule has 0 aromatic rings. The predicted molar refractivity (Wildman–Crippen MR) is 46.2 cm³/mol. The number of hydrogen-bond donors (Lipinski definition) is 1. The first-order valence-corrected chi connectivity index (χ1v) is 4.27. The minimum absolute atomic E-state index is 0.0191. The summed E-state index contributed by atoms with van der Waals surface area (Å²) in [5, 5.41) is 2.28. The van der Waals surface area contributed by atoms with Gasteiger partial charge in [0.1, 0.15) is 0 Å². The summed E-state index contributed by atoms with van der Waals surface area (Å²) in [7, 11) is 1.47. The molecule has 0 aromatic heterocycles. The molecule has 1 saturated heterocycles. The van der Waals surface area contributed by atoms with E-state index in [-0.39, 0.29) is 19.1 Å². The van der Waals surface area contributed by atoms with Crippen molar-refractivity contribution in [1.29, 1.82) is 0 Å². The predicted octanol–water partition coefficient (Wildman–Crippen LogP) is -1.49. The molecule has 1 atom stereocenters. The molecule has 0 spiro atoms. The van der Waals surface area contributed by atoms with Gasteiger partial charge in [0.15, 0.2) is 0 Å². The van der Waals surface area contributed by atoms with E-state index in [4.69, 9.17) is 0 Å². The first kappa shape index (κ1) is 10.5. The summed E-state index contributed by atoms with van der Waals surface area (Å²) in [4.78, 5) is 34.8. The first-order chi connectivity index (χ1) is 6.56. The molecule has 1 heterocycles. The fraction of sp³-hybridized carbons (Fsp3) is 0.625.